The fraction of sp³-hybridized carbons (Fsp3) is 0.357. The van der Waals surface area contributed by atoms with Crippen LogP contribution in [0.5, 0.6) is 0 Å². The maximum Gasteiger partial charge on any atom is 0.411 e. The number of carbonyl (C=O) groups is 1. The number of hydrogen-bond acceptors (Lipinski definition) is 4. The molecule has 2 atom stereocenters. The van der Waals surface area contributed by atoms with Gasteiger partial charge in [0.05, 0.1) is 11.6 Å². The van der Waals surface area contributed by atoms with E-state index in [1.807, 2.05) is 50.5 Å². The number of carbonyl (C=O) groups excluding carboxylic acids is 1. The summed E-state index contributed by atoms with van der Waals surface area (Å²) in [7, 11) is 1.84. The van der Waals surface area contributed by atoms with Crippen molar-refractivity contribution in [3.8, 4) is 11.1 Å². The van der Waals surface area contributed by atoms with Crippen molar-refractivity contribution in [2.45, 2.75) is 50.9 Å². The highest BCUT2D eigenvalue weighted by Crippen LogP contribution is 2.42. The fourth-order valence-corrected chi connectivity index (χ4v) is 4.82. The van der Waals surface area contributed by atoms with Crippen molar-refractivity contribution in [2.24, 2.45) is 7.05 Å². The van der Waals surface area contributed by atoms with Gasteiger partial charge in [0.1, 0.15) is 16.9 Å². The standard InChI is InChI=1S/C28H32FN3O3/c1-19(20-5-7-21(8-6-20)22-9-14-25(30)31(4)17-22)32-16-15-28(35-26(32)33,18-27(2,3)34)23-10-12-24(29)13-11-23/h5-14,17,19,30,34H,15-16,18H2,1-4H3/t19-,28-/m0/s1. The van der Waals surface area contributed by atoms with Crippen LogP contribution in [-0.4, -0.2) is 32.8 Å². The molecular formula is C28H32FN3O3. The van der Waals surface area contributed by atoms with E-state index in [1.54, 1.807) is 41.5 Å². The van der Waals surface area contributed by atoms with Crippen LogP contribution < -0.4 is 5.49 Å². The van der Waals surface area contributed by atoms with E-state index in [0.29, 0.717) is 24.0 Å². The van der Waals surface area contributed by atoms with E-state index in [-0.39, 0.29) is 18.3 Å². The second-order valence-electron chi connectivity index (χ2n) is 10.0. The number of benzene rings is 2. The van der Waals surface area contributed by atoms with Crippen molar-refractivity contribution in [1.29, 1.82) is 5.41 Å². The zero-order chi connectivity index (χ0) is 25.4. The summed E-state index contributed by atoms with van der Waals surface area (Å²) < 4.78 is 21.3. The maximum absolute atomic E-state index is 13.5. The monoisotopic (exact) mass is 477 g/mol. The lowest BCUT2D eigenvalue weighted by Gasteiger charge is -2.45. The average molecular weight is 478 g/mol. The zero-order valence-electron chi connectivity index (χ0n) is 20.6. The highest BCUT2D eigenvalue weighted by molar-refractivity contribution is 5.70. The smallest absolute Gasteiger partial charge is 0.411 e. The lowest BCUT2D eigenvalue weighted by molar-refractivity contribution is -0.101. The van der Waals surface area contributed by atoms with Crippen molar-refractivity contribution < 1.29 is 19.0 Å². The lowest BCUT2D eigenvalue weighted by Crippen LogP contribution is -2.51. The summed E-state index contributed by atoms with van der Waals surface area (Å²) >= 11 is 0. The van der Waals surface area contributed by atoms with E-state index in [9.17, 15) is 14.3 Å². The Hall–Kier alpha value is -3.45. The number of aliphatic hydroxyl groups is 1. The number of aromatic nitrogens is 1. The van der Waals surface area contributed by atoms with Gasteiger partial charge in [0.25, 0.3) is 0 Å². The van der Waals surface area contributed by atoms with Crippen LogP contribution >= 0.6 is 0 Å². The van der Waals surface area contributed by atoms with Crippen LogP contribution in [0.15, 0.2) is 66.9 Å². The molecule has 1 amide bonds. The molecule has 0 aliphatic carbocycles. The van der Waals surface area contributed by atoms with Gasteiger partial charge >= 0.3 is 6.09 Å². The molecule has 1 aliphatic rings. The van der Waals surface area contributed by atoms with Gasteiger partial charge in [-0.2, -0.15) is 0 Å². The van der Waals surface area contributed by atoms with Crippen molar-refractivity contribution in [3.05, 3.63) is 89.3 Å². The van der Waals surface area contributed by atoms with E-state index in [0.717, 1.165) is 16.7 Å². The first-order valence-corrected chi connectivity index (χ1v) is 11.8. The molecule has 0 bridgehead atoms. The molecule has 35 heavy (non-hydrogen) atoms. The van der Waals surface area contributed by atoms with Gasteiger partial charge in [-0.15, -0.1) is 0 Å². The molecular weight excluding hydrogens is 445 g/mol. The Morgan fingerprint density at radius 3 is 2.29 bits per heavy atom. The number of aryl methyl sites for hydroxylation is 1. The number of halogens is 1. The van der Waals surface area contributed by atoms with Gasteiger partial charge in [-0.1, -0.05) is 36.4 Å². The molecule has 184 valence electrons. The third kappa shape index (κ3) is 5.30. The van der Waals surface area contributed by atoms with Gasteiger partial charge in [0.15, 0.2) is 0 Å². The van der Waals surface area contributed by atoms with Crippen LogP contribution in [0.1, 0.15) is 50.8 Å². The Bertz CT molecular complexity index is 1260. The summed E-state index contributed by atoms with van der Waals surface area (Å²) in [6.07, 6.45) is 2.15. The molecule has 2 aromatic carbocycles. The van der Waals surface area contributed by atoms with Crippen LogP contribution in [0.4, 0.5) is 9.18 Å². The topological polar surface area (TPSA) is 78.6 Å². The number of rotatable bonds is 6. The highest BCUT2D eigenvalue weighted by atomic mass is 19.1. The predicted octanol–water partition coefficient (Wildman–Crippen LogP) is 5.27. The van der Waals surface area contributed by atoms with E-state index < -0.39 is 17.3 Å². The van der Waals surface area contributed by atoms with Crippen molar-refractivity contribution >= 4 is 6.09 Å². The summed E-state index contributed by atoms with van der Waals surface area (Å²) in [5.41, 5.74) is 2.02. The third-order valence-electron chi connectivity index (χ3n) is 6.69. The van der Waals surface area contributed by atoms with E-state index in [1.165, 1.54) is 12.1 Å². The van der Waals surface area contributed by atoms with Gasteiger partial charge in [-0.25, -0.2) is 9.18 Å². The molecule has 6 nitrogen and oxygen atoms in total. The van der Waals surface area contributed by atoms with Gasteiger partial charge in [0, 0.05) is 32.6 Å². The minimum atomic E-state index is -1.08. The molecule has 2 heterocycles. The molecule has 4 rings (SSSR count). The van der Waals surface area contributed by atoms with Crippen molar-refractivity contribution in [2.75, 3.05) is 6.54 Å². The quantitative estimate of drug-likeness (QED) is 0.508. The zero-order valence-corrected chi connectivity index (χ0v) is 20.6. The summed E-state index contributed by atoms with van der Waals surface area (Å²) in [5.74, 6) is -0.364. The lowest BCUT2D eigenvalue weighted by atomic mass is 9.80. The molecule has 7 heteroatoms. The van der Waals surface area contributed by atoms with Crippen molar-refractivity contribution in [3.63, 3.8) is 0 Å². The summed E-state index contributed by atoms with van der Waals surface area (Å²) in [5, 5.41) is 18.4. The second-order valence-corrected chi connectivity index (χ2v) is 10.0. The summed E-state index contributed by atoms with van der Waals surface area (Å²) in [6.45, 7) is 5.77. The largest absolute Gasteiger partial charge is 0.438 e. The minimum Gasteiger partial charge on any atom is -0.438 e. The fourth-order valence-electron chi connectivity index (χ4n) is 4.82. The Morgan fingerprint density at radius 2 is 1.71 bits per heavy atom. The molecule has 1 saturated heterocycles. The van der Waals surface area contributed by atoms with Crippen molar-refractivity contribution in [1.82, 2.24) is 9.47 Å². The molecule has 0 unspecified atom stereocenters. The predicted molar refractivity (Wildman–Crippen MR) is 132 cm³/mol. The number of nitrogens with one attached hydrogen (secondary N) is 1. The van der Waals surface area contributed by atoms with Gasteiger partial charge in [-0.05, 0) is 67.3 Å². The van der Waals surface area contributed by atoms with E-state index >= 15 is 0 Å². The van der Waals surface area contributed by atoms with Crippen LogP contribution in [0.2, 0.25) is 0 Å². The van der Waals surface area contributed by atoms with E-state index in [2.05, 4.69) is 0 Å². The van der Waals surface area contributed by atoms with E-state index in [4.69, 9.17) is 10.1 Å². The number of amides is 1. The van der Waals surface area contributed by atoms with Crippen LogP contribution in [0.25, 0.3) is 11.1 Å². The Morgan fingerprint density at radius 1 is 1.09 bits per heavy atom. The molecule has 1 aromatic heterocycles. The summed E-state index contributed by atoms with van der Waals surface area (Å²) in [6, 6.07) is 17.4. The minimum absolute atomic E-state index is 0.211. The molecule has 3 aromatic rings. The molecule has 2 N–H and O–H groups in total. The van der Waals surface area contributed by atoms with Crippen LogP contribution in [0, 0.1) is 11.2 Å². The number of ether oxygens (including phenoxy) is 1. The number of cyclic esters (lactones) is 1. The average Bonchev–Trinajstić information content (AvgIpc) is 2.80. The number of hydrogen-bond donors (Lipinski definition) is 2. The van der Waals surface area contributed by atoms with Gasteiger partial charge in [0.2, 0.25) is 0 Å². The Kier molecular flexibility index (Phi) is 6.56. The third-order valence-corrected chi connectivity index (χ3v) is 6.69. The van der Waals surface area contributed by atoms with Crippen LogP contribution in [-0.2, 0) is 17.4 Å². The normalized spacial score (nSPS) is 19.4. The van der Waals surface area contributed by atoms with Gasteiger partial charge < -0.3 is 19.3 Å². The summed E-state index contributed by atoms with van der Waals surface area (Å²) in [4.78, 5) is 14.9. The molecule has 1 fully saturated rings. The Labute approximate surface area is 205 Å². The number of pyridine rings is 1. The molecule has 0 saturated carbocycles. The first-order valence-electron chi connectivity index (χ1n) is 11.8. The SMILES string of the molecule is C[C@@H](c1ccc(-c2ccc(=N)n(C)c2)cc1)N1CC[C@](CC(C)(C)O)(c2ccc(F)cc2)OC1=O. The molecule has 0 radical (unpaired) electrons. The Balaban J connectivity index is 1.54. The molecule has 1 aliphatic heterocycles. The highest BCUT2D eigenvalue weighted by Gasteiger charge is 2.46. The van der Waals surface area contributed by atoms with Crippen LogP contribution in [0.3, 0.4) is 0 Å². The second kappa shape index (κ2) is 9.30. The van der Waals surface area contributed by atoms with Gasteiger partial charge in [-0.3, -0.25) is 5.41 Å². The first kappa shape index (κ1) is 24.7. The molecule has 0 spiro atoms. The number of nitrogens with zero attached hydrogens (tertiary/aromatic N) is 2. The first-order chi connectivity index (χ1) is 16.5. The maximum atomic E-state index is 13.5.